The maximum absolute atomic E-state index is 11.3. The molecule has 0 bridgehead atoms. The molecule has 0 N–H and O–H groups in total. The van der Waals surface area contributed by atoms with Crippen molar-refractivity contribution in [1.29, 1.82) is 0 Å². The Morgan fingerprint density at radius 3 is 2.78 bits per heavy atom. The molecule has 1 saturated heterocycles. The van der Waals surface area contributed by atoms with Gasteiger partial charge < -0.3 is 14.2 Å². The first-order valence-corrected chi connectivity index (χ1v) is 11.2. The van der Waals surface area contributed by atoms with E-state index in [1.165, 1.54) is 6.07 Å². The second-order valence-corrected chi connectivity index (χ2v) is 8.44. The molecule has 0 amide bonds. The SMILES string of the molecule is O=[N+]([O-])c1ccc2c(c1)C(N1CCOCC1)C(=CCOc1ccc3ccccc3c1Br)O2. The third-order valence-electron chi connectivity index (χ3n) is 5.76. The molecule has 0 aromatic heterocycles. The number of nitrogens with zero attached hydrogens (tertiary/aromatic N) is 2. The first-order valence-electron chi connectivity index (χ1n) is 10.4. The van der Waals surface area contributed by atoms with Crippen LogP contribution >= 0.6 is 15.9 Å². The zero-order valence-electron chi connectivity index (χ0n) is 17.2. The van der Waals surface area contributed by atoms with Crippen LogP contribution in [0.4, 0.5) is 5.69 Å². The van der Waals surface area contributed by atoms with E-state index in [2.05, 4.69) is 26.9 Å². The molecular formula is C24H21BrN2O5. The summed E-state index contributed by atoms with van der Waals surface area (Å²) in [6.45, 7) is 3.00. The molecule has 3 aromatic carbocycles. The zero-order chi connectivity index (χ0) is 22.1. The van der Waals surface area contributed by atoms with Crippen molar-refractivity contribution in [1.82, 2.24) is 4.90 Å². The van der Waals surface area contributed by atoms with E-state index >= 15 is 0 Å². The van der Waals surface area contributed by atoms with Crippen LogP contribution in [0.25, 0.3) is 10.8 Å². The summed E-state index contributed by atoms with van der Waals surface area (Å²) in [5.74, 6) is 2.11. The van der Waals surface area contributed by atoms with Crippen LogP contribution in [-0.2, 0) is 4.74 Å². The molecule has 3 aromatic rings. The highest BCUT2D eigenvalue weighted by Crippen LogP contribution is 2.44. The third-order valence-corrected chi connectivity index (χ3v) is 6.58. The van der Waals surface area contributed by atoms with Crippen molar-refractivity contribution in [3.63, 3.8) is 0 Å². The molecule has 0 aliphatic carbocycles. The van der Waals surface area contributed by atoms with E-state index in [1.54, 1.807) is 12.1 Å². The van der Waals surface area contributed by atoms with Crippen LogP contribution in [0.2, 0.25) is 0 Å². The highest BCUT2D eigenvalue weighted by atomic mass is 79.9. The molecule has 0 spiro atoms. The van der Waals surface area contributed by atoms with E-state index in [0.717, 1.165) is 45.4 Å². The number of nitro groups is 1. The molecular weight excluding hydrogens is 476 g/mol. The van der Waals surface area contributed by atoms with Crippen molar-refractivity contribution in [2.75, 3.05) is 32.9 Å². The van der Waals surface area contributed by atoms with E-state index in [9.17, 15) is 10.1 Å². The standard InChI is InChI=1S/C24H21BrN2O5/c25-23-18-4-2-1-3-16(18)5-7-21(23)31-12-9-22-24(26-10-13-30-14-11-26)19-15-17(27(28)29)6-8-20(19)32-22/h1-9,15,24H,10-14H2. The van der Waals surface area contributed by atoms with Crippen LogP contribution in [0.15, 0.2) is 70.9 Å². The Hall–Kier alpha value is -2.94. The van der Waals surface area contributed by atoms with Crippen LogP contribution in [-0.4, -0.2) is 42.7 Å². The summed E-state index contributed by atoms with van der Waals surface area (Å²) in [4.78, 5) is 13.2. The number of halogens is 1. The maximum Gasteiger partial charge on any atom is 0.270 e. The van der Waals surface area contributed by atoms with Gasteiger partial charge in [-0.15, -0.1) is 0 Å². The smallest absolute Gasteiger partial charge is 0.270 e. The van der Waals surface area contributed by atoms with Crippen molar-refractivity contribution >= 4 is 32.4 Å². The van der Waals surface area contributed by atoms with Gasteiger partial charge in [0.1, 0.15) is 23.9 Å². The number of morpholine rings is 1. The second kappa shape index (κ2) is 8.90. The lowest BCUT2D eigenvalue weighted by atomic mass is 10.0. The first-order chi connectivity index (χ1) is 15.6. The minimum Gasteiger partial charge on any atom is -0.488 e. The van der Waals surface area contributed by atoms with Gasteiger partial charge in [0.2, 0.25) is 0 Å². The van der Waals surface area contributed by atoms with E-state index in [4.69, 9.17) is 14.2 Å². The normalized spacial score (nSPS) is 19.7. The van der Waals surface area contributed by atoms with Gasteiger partial charge in [-0.05, 0) is 44.9 Å². The molecule has 7 nitrogen and oxygen atoms in total. The second-order valence-electron chi connectivity index (χ2n) is 7.65. The predicted octanol–water partition coefficient (Wildman–Crippen LogP) is 5.24. The molecule has 2 heterocycles. The summed E-state index contributed by atoms with van der Waals surface area (Å²) in [6, 6.07) is 16.6. The molecule has 2 aliphatic rings. The molecule has 32 heavy (non-hydrogen) atoms. The van der Waals surface area contributed by atoms with Crippen molar-refractivity contribution in [2.45, 2.75) is 6.04 Å². The van der Waals surface area contributed by atoms with Gasteiger partial charge in [0.25, 0.3) is 5.69 Å². The van der Waals surface area contributed by atoms with E-state index in [1.807, 2.05) is 36.4 Å². The Bertz CT molecular complexity index is 1210. The molecule has 1 atom stereocenters. The lowest BCUT2D eigenvalue weighted by molar-refractivity contribution is -0.384. The molecule has 1 unspecified atom stereocenters. The Morgan fingerprint density at radius 2 is 1.97 bits per heavy atom. The summed E-state index contributed by atoms with van der Waals surface area (Å²) in [5, 5.41) is 13.5. The van der Waals surface area contributed by atoms with Gasteiger partial charge in [-0.1, -0.05) is 30.3 Å². The van der Waals surface area contributed by atoms with Gasteiger partial charge in [-0.2, -0.15) is 0 Å². The Kier molecular flexibility index (Phi) is 5.82. The first kappa shape index (κ1) is 20.9. The summed E-state index contributed by atoms with van der Waals surface area (Å²) in [7, 11) is 0. The van der Waals surface area contributed by atoms with Crippen molar-refractivity contribution in [3.05, 3.63) is 86.6 Å². The van der Waals surface area contributed by atoms with Crippen LogP contribution in [0.3, 0.4) is 0 Å². The number of fused-ring (bicyclic) bond motifs is 2. The average molecular weight is 497 g/mol. The van der Waals surface area contributed by atoms with Crippen LogP contribution in [0.1, 0.15) is 11.6 Å². The van der Waals surface area contributed by atoms with Gasteiger partial charge in [0.05, 0.1) is 28.7 Å². The fraction of sp³-hybridized carbons (Fsp3) is 0.250. The summed E-state index contributed by atoms with van der Waals surface area (Å²) in [5.41, 5.74) is 0.863. The van der Waals surface area contributed by atoms with Gasteiger partial charge in [0.15, 0.2) is 0 Å². The molecule has 0 radical (unpaired) electrons. The topological polar surface area (TPSA) is 74.1 Å². The van der Waals surface area contributed by atoms with Crippen LogP contribution in [0.5, 0.6) is 11.5 Å². The number of rotatable bonds is 5. The van der Waals surface area contributed by atoms with Gasteiger partial charge in [-0.25, -0.2) is 0 Å². The largest absolute Gasteiger partial charge is 0.488 e. The molecule has 2 aliphatic heterocycles. The van der Waals surface area contributed by atoms with Gasteiger partial charge in [-0.3, -0.25) is 15.0 Å². The van der Waals surface area contributed by atoms with Gasteiger partial charge >= 0.3 is 0 Å². The lowest BCUT2D eigenvalue weighted by Gasteiger charge is -2.32. The summed E-state index contributed by atoms with van der Waals surface area (Å²) >= 11 is 3.65. The molecule has 1 fully saturated rings. The fourth-order valence-electron chi connectivity index (χ4n) is 4.20. The predicted molar refractivity (Wildman–Crippen MR) is 124 cm³/mol. The minimum atomic E-state index is -0.376. The maximum atomic E-state index is 11.3. The number of hydrogen-bond donors (Lipinski definition) is 0. The minimum absolute atomic E-state index is 0.0585. The Balaban J connectivity index is 1.41. The number of non-ortho nitro benzene ring substituents is 1. The van der Waals surface area contributed by atoms with Crippen molar-refractivity contribution < 1.29 is 19.1 Å². The van der Waals surface area contributed by atoms with Crippen molar-refractivity contribution in [2.24, 2.45) is 0 Å². The van der Waals surface area contributed by atoms with Crippen LogP contribution in [0, 0.1) is 10.1 Å². The van der Waals surface area contributed by atoms with E-state index in [-0.39, 0.29) is 16.7 Å². The number of nitro benzene ring substituents is 1. The van der Waals surface area contributed by atoms with E-state index < -0.39 is 0 Å². The number of ether oxygens (including phenoxy) is 3. The van der Waals surface area contributed by atoms with E-state index in [0.29, 0.717) is 25.6 Å². The molecule has 164 valence electrons. The van der Waals surface area contributed by atoms with Crippen molar-refractivity contribution in [3.8, 4) is 11.5 Å². The van der Waals surface area contributed by atoms with Gasteiger partial charge in [0, 0.05) is 30.8 Å². The molecule has 8 heteroatoms. The summed E-state index contributed by atoms with van der Waals surface area (Å²) in [6.07, 6.45) is 1.91. The fourth-order valence-corrected chi connectivity index (χ4v) is 4.80. The zero-order valence-corrected chi connectivity index (χ0v) is 18.8. The monoisotopic (exact) mass is 496 g/mol. The molecule has 5 rings (SSSR count). The number of hydrogen-bond acceptors (Lipinski definition) is 6. The number of benzene rings is 3. The van der Waals surface area contributed by atoms with Crippen LogP contribution < -0.4 is 9.47 Å². The quantitative estimate of drug-likeness (QED) is 0.355. The lowest BCUT2D eigenvalue weighted by Crippen LogP contribution is -2.39. The third kappa shape index (κ3) is 3.97. The average Bonchev–Trinajstić information content (AvgIpc) is 3.18. The highest BCUT2D eigenvalue weighted by Gasteiger charge is 2.36. The Labute approximate surface area is 193 Å². The summed E-state index contributed by atoms with van der Waals surface area (Å²) < 4.78 is 18.6. The molecule has 0 saturated carbocycles. The Morgan fingerprint density at radius 1 is 1.16 bits per heavy atom. The highest BCUT2D eigenvalue weighted by molar-refractivity contribution is 9.10.